The maximum absolute atomic E-state index is 5.76. The summed E-state index contributed by atoms with van der Waals surface area (Å²) in [7, 11) is 0. The van der Waals surface area contributed by atoms with Gasteiger partial charge in [0.2, 0.25) is 0 Å². The second kappa shape index (κ2) is 2.70. The summed E-state index contributed by atoms with van der Waals surface area (Å²) in [5.74, 6) is 0. The van der Waals surface area contributed by atoms with Crippen molar-refractivity contribution in [2.45, 2.75) is 20.8 Å². The molecule has 1 aromatic rings. The van der Waals surface area contributed by atoms with E-state index in [1.54, 1.807) is 0 Å². The smallest absolute Gasteiger partial charge is 0.152 e. The molecule has 0 aliphatic carbocycles. The molecule has 1 aromatic heterocycles. The highest BCUT2D eigenvalue weighted by molar-refractivity contribution is 6.32. The van der Waals surface area contributed by atoms with Crippen LogP contribution in [0.25, 0.3) is 0 Å². The largest absolute Gasteiger partial charge is 0.396 e. The maximum Gasteiger partial charge on any atom is 0.152 e. The molecule has 0 fully saturated rings. The summed E-state index contributed by atoms with van der Waals surface area (Å²) in [6.45, 7) is 5.86. The standard InChI is InChI=1S/C8H11ClN2/c1-4-5(2)7(10)8(9)11-6(4)3/h10H2,1-3H3. The highest BCUT2D eigenvalue weighted by Gasteiger charge is 2.06. The van der Waals surface area contributed by atoms with E-state index in [2.05, 4.69) is 4.98 Å². The molecular formula is C8H11ClN2. The lowest BCUT2D eigenvalue weighted by atomic mass is 10.1. The van der Waals surface area contributed by atoms with Crippen molar-refractivity contribution >= 4 is 17.3 Å². The molecule has 60 valence electrons. The van der Waals surface area contributed by atoms with Crippen LogP contribution in [0.2, 0.25) is 5.15 Å². The first-order valence-corrected chi connectivity index (χ1v) is 3.80. The summed E-state index contributed by atoms with van der Waals surface area (Å²) in [6.07, 6.45) is 0. The third-order valence-electron chi connectivity index (χ3n) is 2.00. The molecule has 0 aliphatic rings. The molecule has 0 aromatic carbocycles. The summed E-state index contributed by atoms with van der Waals surface area (Å²) >= 11 is 5.76. The van der Waals surface area contributed by atoms with Crippen LogP contribution in [0, 0.1) is 20.8 Å². The summed E-state index contributed by atoms with van der Waals surface area (Å²) in [5.41, 5.74) is 9.34. The Balaban J connectivity index is 3.46. The topological polar surface area (TPSA) is 38.9 Å². The van der Waals surface area contributed by atoms with Gasteiger partial charge in [-0.2, -0.15) is 0 Å². The molecule has 1 rings (SSSR count). The van der Waals surface area contributed by atoms with E-state index in [1.807, 2.05) is 20.8 Å². The molecule has 0 saturated heterocycles. The fourth-order valence-corrected chi connectivity index (χ4v) is 1.19. The van der Waals surface area contributed by atoms with Gasteiger partial charge >= 0.3 is 0 Å². The first kappa shape index (κ1) is 8.34. The first-order chi connectivity index (χ1) is 5.04. The summed E-state index contributed by atoms with van der Waals surface area (Å²) in [4.78, 5) is 4.07. The van der Waals surface area contributed by atoms with Crippen LogP contribution < -0.4 is 5.73 Å². The second-order valence-corrected chi connectivity index (χ2v) is 3.01. The van der Waals surface area contributed by atoms with Crippen LogP contribution in [0.15, 0.2) is 0 Å². The number of aryl methyl sites for hydroxylation is 1. The van der Waals surface area contributed by atoms with Crippen LogP contribution >= 0.6 is 11.6 Å². The average molecular weight is 171 g/mol. The highest BCUT2D eigenvalue weighted by atomic mass is 35.5. The minimum absolute atomic E-state index is 0.408. The molecule has 0 radical (unpaired) electrons. The van der Waals surface area contributed by atoms with Gasteiger partial charge in [-0.15, -0.1) is 0 Å². The Kier molecular flexibility index (Phi) is 2.05. The van der Waals surface area contributed by atoms with E-state index >= 15 is 0 Å². The third kappa shape index (κ3) is 1.31. The van der Waals surface area contributed by atoms with Crippen LogP contribution in [0.5, 0.6) is 0 Å². The van der Waals surface area contributed by atoms with Crippen LogP contribution in [0.3, 0.4) is 0 Å². The number of anilines is 1. The van der Waals surface area contributed by atoms with Gasteiger partial charge in [0.05, 0.1) is 5.69 Å². The predicted octanol–water partition coefficient (Wildman–Crippen LogP) is 2.24. The second-order valence-electron chi connectivity index (χ2n) is 2.65. The van der Waals surface area contributed by atoms with Gasteiger partial charge in [0.15, 0.2) is 5.15 Å². The minimum atomic E-state index is 0.408. The lowest BCUT2D eigenvalue weighted by molar-refractivity contribution is 1.12. The fraction of sp³-hybridized carbons (Fsp3) is 0.375. The number of nitrogens with zero attached hydrogens (tertiary/aromatic N) is 1. The Morgan fingerprint density at radius 3 is 2.27 bits per heavy atom. The Bertz CT molecular complexity index is 268. The molecule has 2 N–H and O–H groups in total. The lowest BCUT2D eigenvalue weighted by Crippen LogP contribution is -1.99. The predicted molar refractivity (Wildman–Crippen MR) is 47.9 cm³/mol. The SMILES string of the molecule is Cc1nc(Cl)c(N)c(C)c1C. The summed E-state index contributed by atoms with van der Waals surface area (Å²) < 4.78 is 0. The van der Waals surface area contributed by atoms with Gasteiger partial charge in [-0.25, -0.2) is 4.98 Å². The first-order valence-electron chi connectivity index (χ1n) is 3.42. The van der Waals surface area contributed by atoms with E-state index in [1.165, 1.54) is 0 Å². The van der Waals surface area contributed by atoms with Gasteiger partial charge in [-0.1, -0.05) is 11.6 Å². The average Bonchev–Trinajstić information content (AvgIpc) is 1.97. The van der Waals surface area contributed by atoms with Gasteiger partial charge in [0.1, 0.15) is 0 Å². The highest BCUT2D eigenvalue weighted by Crippen LogP contribution is 2.24. The van der Waals surface area contributed by atoms with E-state index in [-0.39, 0.29) is 0 Å². The number of hydrogen-bond acceptors (Lipinski definition) is 2. The van der Waals surface area contributed by atoms with E-state index in [0.717, 1.165) is 16.8 Å². The van der Waals surface area contributed by atoms with E-state index in [9.17, 15) is 0 Å². The zero-order valence-corrected chi connectivity index (χ0v) is 7.66. The lowest BCUT2D eigenvalue weighted by Gasteiger charge is -2.07. The maximum atomic E-state index is 5.76. The van der Waals surface area contributed by atoms with Crippen molar-refractivity contribution < 1.29 is 0 Å². The summed E-state index contributed by atoms with van der Waals surface area (Å²) in [5, 5.41) is 0.408. The van der Waals surface area contributed by atoms with Crippen LogP contribution in [0.4, 0.5) is 5.69 Å². The molecule has 0 bridgehead atoms. The van der Waals surface area contributed by atoms with Gasteiger partial charge in [0, 0.05) is 5.69 Å². The molecule has 2 nitrogen and oxygen atoms in total. The molecule has 0 amide bonds. The molecule has 11 heavy (non-hydrogen) atoms. The number of nitrogens with two attached hydrogens (primary N) is 1. The molecule has 3 heteroatoms. The van der Waals surface area contributed by atoms with Crippen molar-refractivity contribution in [3.8, 4) is 0 Å². The number of halogens is 1. The Morgan fingerprint density at radius 1 is 1.18 bits per heavy atom. The molecule has 0 unspecified atom stereocenters. The fourth-order valence-electron chi connectivity index (χ4n) is 0.919. The van der Waals surface area contributed by atoms with Crippen molar-refractivity contribution in [2.24, 2.45) is 0 Å². The van der Waals surface area contributed by atoms with E-state index < -0.39 is 0 Å². The van der Waals surface area contributed by atoms with Crippen molar-refractivity contribution in [1.82, 2.24) is 4.98 Å². The molecule has 0 saturated carbocycles. The zero-order chi connectivity index (χ0) is 8.59. The van der Waals surface area contributed by atoms with Crippen molar-refractivity contribution in [1.29, 1.82) is 0 Å². The molecule has 1 heterocycles. The third-order valence-corrected chi connectivity index (χ3v) is 2.29. The normalized spacial score (nSPS) is 10.2. The monoisotopic (exact) mass is 170 g/mol. The Morgan fingerprint density at radius 2 is 1.73 bits per heavy atom. The van der Waals surface area contributed by atoms with Gasteiger partial charge in [-0.3, -0.25) is 0 Å². The van der Waals surface area contributed by atoms with Gasteiger partial charge in [0.25, 0.3) is 0 Å². The van der Waals surface area contributed by atoms with Gasteiger partial charge in [-0.05, 0) is 31.9 Å². The Hall–Kier alpha value is -0.760. The number of aromatic nitrogens is 1. The van der Waals surface area contributed by atoms with Gasteiger partial charge < -0.3 is 5.73 Å². The number of pyridine rings is 1. The molecule has 0 atom stereocenters. The molecule has 0 spiro atoms. The van der Waals surface area contributed by atoms with Crippen LogP contribution in [-0.4, -0.2) is 4.98 Å². The number of nitrogen functional groups attached to an aromatic ring is 1. The zero-order valence-electron chi connectivity index (χ0n) is 6.90. The number of rotatable bonds is 0. The van der Waals surface area contributed by atoms with Crippen molar-refractivity contribution in [3.63, 3.8) is 0 Å². The molecular weight excluding hydrogens is 160 g/mol. The van der Waals surface area contributed by atoms with E-state index in [4.69, 9.17) is 17.3 Å². The molecule has 0 aliphatic heterocycles. The van der Waals surface area contributed by atoms with Crippen LogP contribution in [0.1, 0.15) is 16.8 Å². The van der Waals surface area contributed by atoms with E-state index in [0.29, 0.717) is 10.8 Å². The summed E-state index contributed by atoms with van der Waals surface area (Å²) in [6, 6.07) is 0. The Labute approximate surface area is 71.4 Å². The van der Waals surface area contributed by atoms with Crippen molar-refractivity contribution in [2.75, 3.05) is 5.73 Å². The minimum Gasteiger partial charge on any atom is -0.396 e. The quantitative estimate of drug-likeness (QED) is 0.607. The van der Waals surface area contributed by atoms with Crippen molar-refractivity contribution in [3.05, 3.63) is 22.0 Å². The van der Waals surface area contributed by atoms with Crippen LogP contribution in [-0.2, 0) is 0 Å². The number of hydrogen-bond donors (Lipinski definition) is 1.